The molecular weight excluding hydrogens is 442 g/mol. The highest BCUT2D eigenvalue weighted by molar-refractivity contribution is 6.32. The van der Waals surface area contributed by atoms with E-state index in [4.69, 9.17) is 11.6 Å². The van der Waals surface area contributed by atoms with Gasteiger partial charge >= 0.3 is 0 Å². The summed E-state index contributed by atoms with van der Waals surface area (Å²) in [5.41, 5.74) is -0.0360. The smallest absolute Gasteiger partial charge is 0.288 e. The normalized spacial score (nSPS) is 28.5. The molecule has 2 aromatic heterocycles. The Morgan fingerprint density at radius 1 is 1.30 bits per heavy atom. The van der Waals surface area contributed by atoms with Crippen molar-refractivity contribution in [2.24, 2.45) is 17.3 Å². The number of anilines is 1. The maximum atomic E-state index is 12.8. The lowest BCUT2D eigenvalue weighted by atomic mass is 9.43. The van der Waals surface area contributed by atoms with Crippen molar-refractivity contribution in [1.82, 2.24) is 20.1 Å². The van der Waals surface area contributed by atoms with Crippen molar-refractivity contribution in [2.45, 2.75) is 71.2 Å². The molecule has 3 aliphatic carbocycles. The molecule has 0 saturated heterocycles. The number of hydrogen-bond acceptors (Lipinski definition) is 6. The SMILES string of the molecule is CCC(NC(=O)Cn1ncc(N[C@@H]2C[C@@H]3C[C@@H](C3(C)C)[C@]2(C)O)c(Cl)c1=O)c1ccncc1. The Balaban J connectivity index is 1.45. The first kappa shape index (κ1) is 23.7. The van der Waals surface area contributed by atoms with Gasteiger partial charge in [-0.05, 0) is 61.1 Å². The zero-order chi connectivity index (χ0) is 24.0. The van der Waals surface area contributed by atoms with Crippen LogP contribution in [0.1, 0.15) is 58.6 Å². The first-order valence-corrected chi connectivity index (χ1v) is 11.9. The number of pyridine rings is 1. The van der Waals surface area contributed by atoms with E-state index >= 15 is 0 Å². The fourth-order valence-corrected chi connectivity index (χ4v) is 5.84. The molecule has 5 atom stereocenters. The molecule has 9 heteroatoms. The van der Waals surface area contributed by atoms with Gasteiger partial charge in [-0.15, -0.1) is 0 Å². The van der Waals surface area contributed by atoms with Crippen LogP contribution in [0.2, 0.25) is 5.02 Å². The molecule has 3 N–H and O–H groups in total. The molecule has 3 fully saturated rings. The molecule has 0 spiro atoms. The molecular formula is C24H32ClN5O3. The largest absolute Gasteiger partial charge is 0.388 e. The first-order chi connectivity index (χ1) is 15.6. The minimum absolute atomic E-state index is 0.0340. The molecule has 3 saturated carbocycles. The van der Waals surface area contributed by atoms with E-state index in [9.17, 15) is 14.7 Å². The summed E-state index contributed by atoms with van der Waals surface area (Å²) in [6.45, 7) is 7.99. The molecule has 2 heterocycles. The number of rotatable bonds is 7. The molecule has 0 aromatic carbocycles. The van der Waals surface area contributed by atoms with E-state index in [1.54, 1.807) is 12.4 Å². The van der Waals surface area contributed by atoms with Gasteiger partial charge < -0.3 is 15.7 Å². The van der Waals surface area contributed by atoms with E-state index in [2.05, 4.69) is 34.6 Å². The van der Waals surface area contributed by atoms with Crippen molar-refractivity contribution in [3.05, 3.63) is 51.7 Å². The maximum Gasteiger partial charge on any atom is 0.288 e. The third kappa shape index (κ3) is 4.26. The molecule has 1 amide bonds. The fraction of sp³-hybridized carbons (Fsp3) is 0.583. The van der Waals surface area contributed by atoms with Crippen LogP contribution in [0.4, 0.5) is 5.69 Å². The molecule has 178 valence electrons. The van der Waals surface area contributed by atoms with Crippen molar-refractivity contribution in [3.8, 4) is 0 Å². The molecule has 33 heavy (non-hydrogen) atoms. The monoisotopic (exact) mass is 473 g/mol. The zero-order valence-corrected chi connectivity index (χ0v) is 20.3. The van der Waals surface area contributed by atoms with Gasteiger partial charge in [-0.2, -0.15) is 5.10 Å². The predicted octanol–water partition coefficient (Wildman–Crippen LogP) is 3.16. The average molecular weight is 474 g/mol. The summed E-state index contributed by atoms with van der Waals surface area (Å²) in [4.78, 5) is 29.4. The van der Waals surface area contributed by atoms with Crippen molar-refractivity contribution in [2.75, 3.05) is 5.32 Å². The number of halogens is 1. The summed E-state index contributed by atoms with van der Waals surface area (Å²) >= 11 is 6.37. The lowest BCUT2D eigenvalue weighted by Gasteiger charge is -2.65. The second kappa shape index (κ2) is 8.72. The molecule has 8 nitrogen and oxygen atoms in total. The number of nitrogens with one attached hydrogen (secondary N) is 2. The highest BCUT2D eigenvalue weighted by Crippen LogP contribution is 2.63. The van der Waals surface area contributed by atoms with Crippen LogP contribution >= 0.6 is 11.6 Å². The van der Waals surface area contributed by atoms with E-state index in [1.807, 2.05) is 26.0 Å². The molecule has 2 aromatic rings. The topological polar surface area (TPSA) is 109 Å². The average Bonchev–Trinajstić information content (AvgIpc) is 2.78. The van der Waals surface area contributed by atoms with Crippen LogP contribution in [0, 0.1) is 17.3 Å². The lowest BCUT2D eigenvalue weighted by molar-refractivity contribution is -0.199. The van der Waals surface area contributed by atoms with Gasteiger partial charge in [0.15, 0.2) is 0 Å². The minimum Gasteiger partial charge on any atom is -0.388 e. The summed E-state index contributed by atoms with van der Waals surface area (Å²) in [6.07, 6.45) is 7.32. The number of aromatic nitrogens is 3. The van der Waals surface area contributed by atoms with Crippen LogP contribution < -0.4 is 16.2 Å². The highest BCUT2D eigenvalue weighted by Gasteiger charge is 2.62. The Bertz CT molecular complexity index is 1090. The predicted molar refractivity (Wildman–Crippen MR) is 127 cm³/mol. The molecule has 1 unspecified atom stereocenters. The van der Waals surface area contributed by atoms with E-state index < -0.39 is 11.2 Å². The second-order valence-corrected chi connectivity index (χ2v) is 10.5. The van der Waals surface area contributed by atoms with Crippen molar-refractivity contribution < 1.29 is 9.90 Å². The Hall–Kier alpha value is -2.45. The van der Waals surface area contributed by atoms with Crippen molar-refractivity contribution in [3.63, 3.8) is 0 Å². The van der Waals surface area contributed by atoms with Crippen LogP contribution in [0.15, 0.2) is 35.5 Å². The van der Waals surface area contributed by atoms with E-state index in [-0.39, 0.29) is 40.9 Å². The van der Waals surface area contributed by atoms with Gasteiger partial charge in [-0.3, -0.25) is 14.6 Å². The Labute approximate surface area is 198 Å². The number of aliphatic hydroxyl groups is 1. The quantitative estimate of drug-likeness (QED) is 0.570. The Morgan fingerprint density at radius 3 is 2.61 bits per heavy atom. The van der Waals surface area contributed by atoms with Gasteiger partial charge in [-0.25, -0.2) is 4.68 Å². The number of fused-ring (bicyclic) bond motifs is 2. The van der Waals surface area contributed by atoms with Crippen LogP contribution in [0.5, 0.6) is 0 Å². The summed E-state index contributed by atoms with van der Waals surface area (Å²) < 4.78 is 1.06. The third-order valence-corrected chi connectivity index (χ3v) is 8.23. The number of nitrogens with zero attached hydrogens (tertiary/aromatic N) is 3. The lowest BCUT2D eigenvalue weighted by Crippen LogP contribution is -2.68. The van der Waals surface area contributed by atoms with Gasteiger partial charge in [0.1, 0.15) is 11.6 Å². The van der Waals surface area contributed by atoms with Gasteiger partial charge in [0, 0.05) is 12.4 Å². The number of carbonyl (C=O) groups excluding carboxylic acids is 1. The van der Waals surface area contributed by atoms with E-state index in [0.29, 0.717) is 18.0 Å². The summed E-state index contributed by atoms with van der Waals surface area (Å²) in [6, 6.07) is 3.29. The van der Waals surface area contributed by atoms with Crippen LogP contribution in [0.3, 0.4) is 0 Å². The minimum atomic E-state index is -0.918. The van der Waals surface area contributed by atoms with E-state index in [0.717, 1.165) is 23.1 Å². The Kier molecular flexibility index (Phi) is 6.26. The van der Waals surface area contributed by atoms with Crippen LogP contribution in [-0.2, 0) is 11.3 Å². The number of hydrogen-bond donors (Lipinski definition) is 3. The molecule has 3 aliphatic rings. The summed E-state index contributed by atoms with van der Waals surface area (Å²) in [7, 11) is 0. The van der Waals surface area contributed by atoms with Gasteiger partial charge in [0.2, 0.25) is 5.91 Å². The highest BCUT2D eigenvalue weighted by atomic mass is 35.5. The zero-order valence-electron chi connectivity index (χ0n) is 19.5. The third-order valence-electron chi connectivity index (χ3n) is 7.86. The van der Waals surface area contributed by atoms with Crippen molar-refractivity contribution in [1.29, 1.82) is 0 Å². The maximum absolute atomic E-state index is 12.8. The van der Waals surface area contributed by atoms with Gasteiger partial charge in [-0.1, -0.05) is 32.4 Å². The standard InChI is InChI=1S/C24H32ClN5O3/c1-5-16(14-6-8-26-9-7-14)29-20(31)13-30-22(32)21(25)17(12-27-30)28-19-11-15-10-18(23(15,2)3)24(19,4)33/h6-9,12,15-16,18-19,28,33H,5,10-11,13H2,1-4H3,(H,29,31)/t15-,16?,18-,19+,24-/m0/s1. The number of amides is 1. The number of carbonyl (C=O) groups is 1. The summed E-state index contributed by atoms with van der Waals surface area (Å²) in [5.74, 6) is 0.370. The van der Waals surface area contributed by atoms with Crippen molar-refractivity contribution >= 4 is 23.2 Å². The molecule has 5 rings (SSSR count). The van der Waals surface area contributed by atoms with Gasteiger partial charge in [0.25, 0.3) is 5.56 Å². The van der Waals surface area contributed by atoms with E-state index in [1.165, 1.54) is 6.20 Å². The molecule has 0 aliphatic heterocycles. The summed E-state index contributed by atoms with van der Waals surface area (Å²) in [5, 5.41) is 21.5. The fourth-order valence-electron chi connectivity index (χ4n) is 5.64. The van der Waals surface area contributed by atoms with Gasteiger partial charge in [0.05, 0.1) is 29.6 Å². The second-order valence-electron chi connectivity index (χ2n) is 10.1. The van der Waals surface area contributed by atoms with Crippen LogP contribution in [0.25, 0.3) is 0 Å². The molecule has 2 bridgehead atoms. The Morgan fingerprint density at radius 2 is 2.00 bits per heavy atom. The molecule has 0 radical (unpaired) electrons. The first-order valence-electron chi connectivity index (χ1n) is 11.5. The van der Waals surface area contributed by atoms with Crippen LogP contribution in [-0.4, -0.2) is 37.4 Å².